The van der Waals surface area contributed by atoms with E-state index in [0.29, 0.717) is 23.5 Å². The Morgan fingerprint density at radius 1 is 1.33 bits per heavy atom. The Hall–Kier alpha value is -1.09. The first-order valence-electron chi connectivity index (χ1n) is 5.31. The number of nitrogens with zero attached hydrogens (tertiary/aromatic N) is 3. The molecule has 1 aromatic rings. The molecule has 18 heavy (non-hydrogen) atoms. The topological polar surface area (TPSA) is 94.1 Å². The van der Waals surface area contributed by atoms with E-state index in [0.717, 1.165) is 0 Å². The second-order valence-corrected chi connectivity index (χ2v) is 6.71. The molecule has 0 atom stereocenters. The number of hydrogen-bond donors (Lipinski definition) is 1. The summed E-state index contributed by atoms with van der Waals surface area (Å²) in [7, 11) is -1.28. The van der Waals surface area contributed by atoms with Gasteiger partial charge in [-0.2, -0.15) is 15.0 Å². The fourth-order valence-corrected chi connectivity index (χ4v) is 3.01. The van der Waals surface area contributed by atoms with Crippen LogP contribution in [0.25, 0.3) is 0 Å². The molecule has 9 heteroatoms. The maximum atomic E-state index is 11.0. The van der Waals surface area contributed by atoms with Crippen LogP contribution in [0.1, 0.15) is 6.92 Å². The zero-order valence-corrected chi connectivity index (χ0v) is 12.1. The van der Waals surface area contributed by atoms with Crippen LogP contribution >= 0.6 is 11.8 Å². The third-order valence-corrected chi connectivity index (χ3v) is 3.83. The van der Waals surface area contributed by atoms with Gasteiger partial charge in [0, 0.05) is 19.1 Å². The Morgan fingerprint density at radius 3 is 2.61 bits per heavy atom. The van der Waals surface area contributed by atoms with Gasteiger partial charge in [-0.15, -0.1) is 0 Å². The van der Waals surface area contributed by atoms with Gasteiger partial charge in [-0.3, -0.25) is 0 Å². The molecule has 0 radical (unpaired) electrons. The normalized spacial score (nSPS) is 11.3. The van der Waals surface area contributed by atoms with Crippen molar-refractivity contribution in [1.29, 1.82) is 0 Å². The number of thioether (sulfide) groups is 1. The summed E-state index contributed by atoms with van der Waals surface area (Å²) in [6.45, 7) is 2.29. The van der Waals surface area contributed by atoms with Crippen molar-refractivity contribution in [3.8, 4) is 6.01 Å². The number of anilines is 1. The molecule has 1 heterocycles. The summed E-state index contributed by atoms with van der Waals surface area (Å²) in [6.07, 6.45) is 1.20. The van der Waals surface area contributed by atoms with Crippen molar-refractivity contribution in [2.45, 2.75) is 12.1 Å². The Morgan fingerprint density at radius 2 is 2.06 bits per heavy atom. The minimum Gasteiger partial charge on any atom is -0.464 e. The zero-order chi connectivity index (χ0) is 13.6. The van der Waals surface area contributed by atoms with Gasteiger partial charge < -0.3 is 10.1 Å². The molecule has 0 bridgehead atoms. The highest BCUT2D eigenvalue weighted by molar-refractivity contribution is 8.00. The third kappa shape index (κ3) is 5.50. The van der Waals surface area contributed by atoms with E-state index >= 15 is 0 Å². The number of ether oxygens (including phenoxy) is 1. The molecule has 0 aromatic carbocycles. The van der Waals surface area contributed by atoms with Gasteiger partial charge in [-0.05, 0) is 6.92 Å². The molecular formula is C9H16N4O3S2. The molecule has 0 aliphatic rings. The molecule has 1 rings (SSSR count). The van der Waals surface area contributed by atoms with E-state index < -0.39 is 9.84 Å². The highest BCUT2D eigenvalue weighted by Crippen LogP contribution is 2.17. The first-order chi connectivity index (χ1) is 8.44. The van der Waals surface area contributed by atoms with Gasteiger partial charge in [0.1, 0.15) is 9.84 Å². The lowest BCUT2D eigenvalue weighted by atomic mass is 10.8. The van der Waals surface area contributed by atoms with Crippen molar-refractivity contribution in [1.82, 2.24) is 15.0 Å². The Balaban J connectivity index is 2.72. The molecule has 0 spiro atoms. The summed E-state index contributed by atoms with van der Waals surface area (Å²) < 4.78 is 27.2. The van der Waals surface area contributed by atoms with E-state index in [1.807, 2.05) is 6.92 Å². The molecule has 0 saturated carbocycles. The summed E-state index contributed by atoms with van der Waals surface area (Å²) >= 11 is 1.26. The number of nitrogens with one attached hydrogen (secondary N) is 1. The number of rotatable bonds is 7. The molecule has 7 nitrogen and oxygen atoms in total. The Bertz CT molecular complexity index is 493. The summed E-state index contributed by atoms with van der Waals surface area (Å²) in [5, 5.41) is 3.24. The van der Waals surface area contributed by atoms with Crippen molar-refractivity contribution in [3.05, 3.63) is 0 Å². The highest BCUT2D eigenvalue weighted by Gasteiger charge is 2.08. The maximum Gasteiger partial charge on any atom is 0.322 e. The lowest BCUT2D eigenvalue weighted by Gasteiger charge is -2.06. The first kappa shape index (κ1) is 15.0. The van der Waals surface area contributed by atoms with Crippen LogP contribution in [0.15, 0.2) is 5.16 Å². The monoisotopic (exact) mass is 292 g/mol. The second-order valence-electron chi connectivity index (χ2n) is 3.39. The average Bonchev–Trinajstić information content (AvgIpc) is 2.27. The van der Waals surface area contributed by atoms with E-state index in [1.165, 1.54) is 18.0 Å². The van der Waals surface area contributed by atoms with Gasteiger partial charge in [-0.25, -0.2) is 8.42 Å². The molecule has 1 N–H and O–H groups in total. The van der Waals surface area contributed by atoms with Crippen LogP contribution < -0.4 is 10.1 Å². The minimum absolute atomic E-state index is 0.0855. The molecule has 102 valence electrons. The van der Waals surface area contributed by atoms with Crippen LogP contribution in [0.4, 0.5) is 5.95 Å². The van der Waals surface area contributed by atoms with Crippen LogP contribution in [-0.2, 0) is 9.84 Å². The lowest BCUT2D eigenvalue weighted by Crippen LogP contribution is -2.07. The van der Waals surface area contributed by atoms with Crippen LogP contribution in [-0.4, -0.2) is 54.8 Å². The van der Waals surface area contributed by atoms with Crippen molar-refractivity contribution < 1.29 is 13.2 Å². The van der Waals surface area contributed by atoms with Crippen molar-refractivity contribution in [2.24, 2.45) is 0 Å². The van der Waals surface area contributed by atoms with E-state index in [9.17, 15) is 8.42 Å². The molecule has 0 saturated heterocycles. The van der Waals surface area contributed by atoms with Gasteiger partial charge in [0.05, 0.1) is 12.4 Å². The quantitative estimate of drug-likeness (QED) is 0.724. The van der Waals surface area contributed by atoms with E-state index in [4.69, 9.17) is 4.74 Å². The fraction of sp³-hybridized carbons (Fsp3) is 0.667. The molecule has 0 aliphatic carbocycles. The van der Waals surface area contributed by atoms with E-state index in [2.05, 4.69) is 20.3 Å². The summed E-state index contributed by atoms with van der Waals surface area (Å²) in [5.74, 6) is 0.884. The van der Waals surface area contributed by atoms with Gasteiger partial charge >= 0.3 is 6.01 Å². The van der Waals surface area contributed by atoms with Crippen LogP contribution in [0.5, 0.6) is 6.01 Å². The molecule has 0 amide bonds. The lowest BCUT2D eigenvalue weighted by molar-refractivity contribution is 0.308. The van der Waals surface area contributed by atoms with Crippen molar-refractivity contribution in [3.63, 3.8) is 0 Å². The number of aromatic nitrogens is 3. The second kappa shape index (κ2) is 6.74. The van der Waals surface area contributed by atoms with E-state index in [1.54, 1.807) is 7.05 Å². The minimum atomic E-state index is -2.97. The summed E-state index contributed by atoms with van der Waals surface area (Å²) in [6, 6.07) is 0.235. The zero-order valence-electron chi connectivity index (χ0n) is 10.5. The first-order valence-corrected chi connectivity index (χ1v) is 8.36. The fourth-order valence-electron chi connectivity index (χ4n) is 0.992. The van der Waals surface area contributed by atoms with Gasteiger partial charge in [-0.1, -0.05) is 11.8 Å². The third-order valence-electron chi connectivity index (χ3n) is 1.78. The van der Waals surface area contributed by atoms with Gasteiger partial charge in [0.2, 0.25) is 5.95 Å². The standard InChI is InChI=1S/C9H16N4O3S2/c1-4-16-8-11-7(10-2)12-9(13-8)17-5-6-18(3,14)15/h4-6H2,1-3H3,(H,10,11,12,13). The largest absolute Gasteiger partial charge is 0.464 e. The molecule has 0 unspecified atom stereocenters. The van der Waals surface area contributed by atoms with Crippen LogP contribution in [0.3, 0.4) is 0 Å². The molecule has 0 fully saturated rings. The predicted molar refractivity (Wildman–Crippen MR) is 71.0 cm³/mol. The van der Waals surface area contributed by atoms with E-state index in [-0.39, 0.29) is 11.8 Å². The van der Waals surface area contributed by atoms with Crippen LogP contribution in [0, 0.1) is 0 Å². The van der Waals surface area contributed by atoms with Crippen molar-refractivity contribution >= 4 is 27.5 Å². The Kier molecular flexibility index (Phi) is 5.60. The molecular weight excluding hydrogens is 276 g/mol. The summed E-state index contributed by atoms with van der Waals surface area (Å²) in [4.78, 5) is 12.2. The summed E-state index contributed by atoms with van der Waals surface area (Å²) in [5.41, 5.74) is 0. The average molecular weight is 292 g/mol. The van der Waals surface area contributed by atoms with Crippen molar-refractivity contribution in [2.75, 3.05) is 36.7 Å². The Labute approximate surface area is 111 Å². The predicted octanol–water partition coefficient (Wildman–Crippen LogP) is 0.449. The maximum absolute atomic E-state index is 11.0. The van der Waals surface area contributed by atoms with Gasteiger partial charge in [0.25, 0.3) is 0 Å². The number of sulfone groups is 1. The number of hydrogen-bond acceptors (Lipinski definition) is 8. The molecule has 1 aromatic heterocycles. The smallest absolute Gasteiger partial charge is 0.322 e. The van der Waals surface area contributed by atoms with Gasteiger partial charge in [0.15, 0.2) is 5.16 Å². The van der Waals surface area contributed by atoms with Crippen LogP contribution in [0.2, 0.25) is 0 Å². The molecule has 0 aliphatic heterocycles. The SMILES string of the molecule is CCOc1nc(NC)nc(SCCS(C)(=O)=O)n1. The highest BCUT2D eigenvalue weighted by atomic mass is 32.2.